The average Bonchev–Trinajstić information content (AvgIpc) is 2.46. The minimum Gasteiger partial charge on any atom is -0.392 e. The van der Waals surface area contributed by atoms with E-state index in [4.69, 9.17) is 0 Å². The van der Waals surface area contributed by atoms with Crippen LogP contribution in [0.4, 0.5) is 11.4 Å². The Balaban J connectivity index is 2.27. The van der Waals surface area contributed by atoms with Crippen molar-refractivity contribution in [1.82, 2.24) is 0 Å². The Morgan fingerprint density at radius 1 is 1.00 bits per heavy atom. The molecule has 0 radical (unpaired) electrons. The molecule has 2 heteroatoms. The molecule has 1 N–H and O–H groups in total. The summed E-state index contributed by atoms with van der Waals surface area (Å²) >= 11 is 0. The fourth-order valence-corrected chi connectivity index (χ4v) is 2.17. The molecule has 2 aromatic rings. The van der Waals surface area contributed by atoms with Gasteiger partial charge in [0.15, 0.2) is 0 Å². The van der Waals surface area contributed by atoms with Crippen molar-refractivity contribution in [2.75, 3.05) is 11.9 Å². The average molecular weight is 255 g/mol. The molecule has 0 aliphatic rings. The fourth-order valence-electron chi connectivity index (χ4n) is 2.17. The smallest absolute Gasteiger partial charge is 0.0684 e. The highest BCUT2D eigenvalue weighted by Crippen LogP contribution is 2.26. The van der Waals surface area contributed by atoms with Crippen molar-refractivity contribution >= 4 is 11.4 Å². The zero-order valence-corrected chi connectivity index (χ0v) is 11.9. The van der Waals surface area contributed by atoms with Crippen LogP contribution in [0.25, 0.3) is 0 Å². The molecule has 0 atom stereocenters. The molecule has 0 spiro atoms. The van der Waals surface area contributed by atoms with Gasteiger partial charge in [-0.05, 0) is 54.3 Å². The summed E-state index contributed by atoms with van der Waals surface area (Å²) in [5, 5.41) is 9.21. The fraction of sp³-hybridized carbons (Fsp3) is 0.294. The van der Waals surface area contributed by atoms with Gasteiger partial charge in [-0.3, -0.25) is 0 Å². The van der Waals surface area contributed by atoms with E-state index in [9.17, 15) is 5.11 Å². The van der Waals surface area contributed by atoms with E-state index in [1.807, 2.05) is 19.1 Å². The minimum absolute atomic E-state index is 0.0982. The second-order valence-corrected chi connectivity index (χ2v) is 4.85. The van der Waals surface area contributed by atoms with Gasteiger partial charge >= 0.3 is 0 Å². The third kappa shape index (κ3) is 2.96. The first-order chi connectivity index (χ1) is 9.15. The second-order valence-electron chi connectivity index (χ2n) is 4.85. The first-order valence-electron chi connectivity index (χ1n) is 6.68. The van der Waals surface area contributed by atoms with Gasteiger partial charge in [-0.15, -0.1) is 0 Å². The van der Waals surface area contributed by atoms with Gasteiger partial charge < -0.3 is 10.0 Å². The van der Waals surface area contributed by atoms with Gasteiger partial charge in [0.2, 0.25) is 0 Å². The van der Waals surface area contributed by atoms with Crippen molar-refractivity contribution in [2.24, 2.45) is 0 Å². The van der Waals surface area contributed by atoms with Crippen LogP contribution in [0.15, 0.2) is 42.5 Å². The van der Waals surface area contributed by atoms with Crippen molar-refractivity contribution < 1.29 is 5.11 Å². The van der Waals surface area contributed by atoms with E-state index in [1.165, 1.54) is 11.3 Å². The van der Waals surface area contributed by atoms with E-state index < -0.39 is 0 Å². The van der Waals surface area contributed by atoms with Crippen molar-refractivity contribution in [2.45, 2.75) is 26.9 Å². The van der Waals surface area contributed by atoms with Crippen LogP contribution in [0.2, 0.25) is 0 Å². The number of hydrogen-bond donors (Lipinski definition) is 1. The van der Waals surface area contributed by atoms with Gasteiger partial charge in [-0.25, -0.2) is 0 Å². The monoisotopic (exact) mass is 255 g/mol. The molecule has 19 heavy (non-hydrogen) atoms. The molecule has 0 fully saturated rings. The summed E-state index contributed by atoms with van der Waals surface area (Å²) in [4.78, 5) is 2.16. The molecule has 0 amide bonds. The third-order valence-corrected chi connectivity index (χ3v) is 3.62. The highest BCUT2D eigenvalue weighted by molar-refractivity contribution is 5.63. The topological polar surface area (TPSA) is 23.5 Å². The molecule has 2 aromatic carbocycles. The van der Waals surface area contributed by atoms with Gasteiger partial charge in [0.1, 0.15) is 0 Å². The molecule has 0 aromatic heterocycles. The van der Waals surface area contributed by atoms with Crippen molar-refractivity contribution in [3.63, 3.8) is 0 Å². The summed E-state index contributed by atoms with van der Waals surface area (Å²) in [5.74, 6) is 0. The van der Waals surface area contributed by atoms with Crippen molar-refractivity contribution in [3.05, 3.63) is 59.2 Å². The SMILES string of the molecule is CCc1ccc(N(C)c2ccc(CO)c(C)c2)cc1. The highest BCUT2D eigenvalue weighted by atomic mass is 16.3. The Kier molecular flexibility index (Phi) is 4.23. The molecular weight excluding hydrogens is 234 g/mol. The lowest BCUT2D eigenvalue weighted by molar-refractivity contribution is 0.281. The number of nitrogens with zero attached hydrogens (tertiary/aromatic N) is 1. The van der Waals surface area contributed by atoms with Crippen LogP contribution < -0.4 is 4.90 Å². The maximum absolute atomic E-state index is 9.21. The summed E-state index contributed by atoms with van der Waals surface area (Å²) < 4.78 is 0. The summed E-state index contributed by atoms with van der Waals surface area (Å²) in [6.07, 6.45) is 1.06. The first-order valence-corrected chi connectivity index (χ1v) is 6.68. The van der Waals surface area contributed by atoms with E-state index in [1.54, 1.807) is 0 Å². The summed E-state index contributed by atoms with van der Waals surface area (Å²) in [7, 11) is 2.06. The van der Waals surface area contributed by atoms with Crippen LogP contribution in [0, 0.1) is 6.92 Å². The summed E-state index contributed by atoms with van der Waals surface area (Å²) in [6, 6.07) is 14.8. The van der Waals surface area contributed by atoms with Crippen LogP contribution in [-0.4, -0.2) is 12.2 Å². The van der Waals surface area contributed by atoms with Gasteiger partial charge in [0.05, 0.1) is 6.61 Å². The number of aryl methyl sites for hydroxylation is 2. The molecule has 0 saturated carbocycles. The van der Waals surface area contributed by atoms with Crippen LogP contribution in [-0.2, 0) is 13.0 Å². The Bertz CT molecular complexity index is 546. The molecule has 0 bridgehead atoms. The van der Waals surface area contributed by atoms with Gasteiger partial charge in [0.25, 0.3) is 0 Å². The molecule has 0 saturated heterocycles. The van der Waals surface area contributed by atoms with Crippen LogP contribution >= 0.6 is 0 Å². The van der Waals surface area contributed by atoms with Crippen LogP contribution in [0.3, 0.4) is 0 Å². The molecule has 0 unspecified atom stereocenters. The molecule has 100 valence electrons. The van der Waals surface area contributed by atoms with Crippen LogP contribution in [0.1, 0.15) is 23.6 Å². The van der Waals surface area contributed by atoms with E-state index in [0.717, 1.165) is 23.2 Å². The van der Waals surface area contributed by atoms with E-state index in [2.05, 4.69) is 49.2 Å². The lowest BCUT2D eigenvalue weighted by Gasteiger charge is -2.21. The van der Waals surface area contributed by atoms with E-state index in [-0.39, 0.29) is 6.61 Å². The summed E-state index contributed by atoms with van der Waals surface area (Å²) in [6.45, 7) is 4.29. The number of aliphatic hydroxyl groups excluding tert-OH is 1. The highest BCUT2D eigenvalue weighted by Gasteiger charge is 2.06. The lowest BCUT2D eigenvalue weighted by atomic mass is 10.1. The lowest BCUT2D eigenvalue weighted by Crippen LogP contribution is -2.09. The number of hydrogen-bond acceptors (Lipinski definition) is 2. The molecule has 2 rings (SSSR count). The number of anilines is 2. The quantitative estimate of drug-likeness (QED) is 0.897. The molecule has 0 heterocycles. The van der Waals surface area contributed by atoms with Gasteiger partial charge in [-0.2, -0.15) is 0 Å². The normalized spacial score (nSPS) is 10.5. The van der Waals surface area contributed by atoms with Gasteiger partial charge in [0, 0.05) is 18.4 Å². The largest absolute Gasteiger partial charge is 0.392 e. The molecule has 0 aliphatic heterocycles. The standard InChI is InChI=1S/C17H21NO/c1-4-14-5-8-16(9-6-14)18(3)17-10-7-15(12-19)13(2)11-17/h5-11,19H,4,12H2,1-3H3. The van der Waals surface area contributed by atoms with Crippen molar-refractivity contribution in [1.29, 1.82) is 0 Å². The second kappa shape index (κ2) is 5.89. The molecule has 0 aliphatic carbocycles. The predicted octanol–water partition coefficient (Wildman–Crippen LogP) is 3.82. The number of benzene rings is 2. The Morgan fingerprint density at radius 2 is 1.63 bits per heavy atom. The zero-order valence-electron chi connectivity index (χ0n) is 11.9. The Morgan fingerprint density at radius 3 is 2.16 bits per heavy atom. The van der Waals surface area contributed by atoms with E-state index >= 15 is 0 Å². The van der Waals surface area contributed by atoms with Gasteiger partial charge in [-0.1, -0.05) is 25.1 Å². The van der Waals surface area contributed by atoms with Crippen molar-refractivity contribution in [3.8, 4) is 0 Å². The summed E-state index contributed by atoms with van der Waals surface area (Å²) in [5.41, 5.74) is 5.77. The molecular formula is C17H21NO. The minimum atomic E-state index is 0.0982. The van der Waals surface area contributed by atoms with E-state index in [0.29, 0.717) is 0 Å². The Labute approximate surface area is 115 Å². The number of aliphatic hydroxyl groups is 1. The third-order valence-electron chi connectivity index (χ3n) is 3.62. The zero-order chi connectivity index (χ0) is 13.8. The maximum Gasteiger partial charge on any atom is 0.0684 e. The Hall–Kier alpha value is -1.80. The predicted molar refractivity (Wildman–Crippen MR) is 81.0 cm³/mol. The van der Waals surface area contributed by atoms with Crippen LogP contribution in [0.5, 0.6) is 0 Å². The maximum atomic E-state index is 9.21. The number of rotatable bonds is 4. The first kappa shape index (κ1) is 13.6. The molecule has 2 nitrogen and oxygen atoms in total.